The van der Waals surface area contributed by atoms with E-state index in [0.717, 1.165) is 4.90 Å². The van der Waals surface area contributed by atoms with Gasteiger partial charge in [0.2, 0.25) is 5.78 Å². The van der Waals surface area contributed by atoms with Crippen LogP contribution in [-0.4, -0.2) is 35.1 Å². The summed E-state index contributed by atoms with van der Waals surface area (Å²) in [5.41, 5.74) is 0.738. The van der Waals surface area contributed by atoms with Crippen LogP contribution >= 0.6 is 11.8 Å². The van der Waals surface area contributed by atoms with Crippen molar-refractivity contribution >= 4 is 35.2 Å². The van der Waals surface area contributed by atoms with Gasteiger partial charge in [-0.05, 0) is 49.4 Å². The van der Waals surface area contributed by atoms with E-state index in [1.807, 2.05) is 0 Å². The van der Waals surface area contributed by atoms with E-state index in [-0.39, 0.29) is 30.3 Å². The highest BCUT2D eigenvalue weighted by Crippen LogP contribution is 2.32. The van der Waals surface area contributed by atoms with Crippen LogP contribution in [0, 0.1) is 11.3 Å². The predicted octanol–water partition coefficient (Wildman–Crippen LogP) is 3.12. The Morgan fingerprint density at radius 3 is 2.43 bits per heavy atom. The van der Waals surface area contributed by atoms with Gasteiger partial charge in [0.15, 0.2) is 0 Å². The highest BCUT2D eigenvalue weighted by atomic mass is 32.2. The number of carbonyl (C=O) groups excluding carboxylic acids is 3. The van der Waals surface area contributed by atoms with E-state index in [1.54, 1.807) is 36.4 Å². The first-order valence-electron chi connectivity index (χ1n) is 8.74. The molecule has 0 saturated heterocycles. The van der Waals surface area contributed by atoms with Crippen LogP contribution in [0.3, 0.4) is 0 Å². The van der Waals surface area contributed by atoms with Gasteiger partial charge in [-0.2, -0.15) is 5.26 Å². The highest BCUT2D eigenvalue weighted by molar-refractivity contribution is 7.99. The Balaban J connectivity index is 2.12. The van der Waals surface area contributed by atoms with Gasteiger partial charge < -0.3 is 14.7 Å². The summed E-state index contributed by atoms with van der Waals surface area (Å²) < 4.78 is 5.06. The predicted molar refractivity (Wildman–Crippen MR) is 108 cm³/mol. The van der Waals surface area contributed by atoms with Crippen LogP contribution in [0.15, 0.2) is 57.4 Å². The standard InChI is InChI=1S/C21H18N2O6S/c1-13(23-29-14(2)25)21(27)15-3-6-18(7-4-15)30-19-8-5-17(11-16(19)12-22)28-20(26)9-10-24/h3-8,11,24H,9-10H2,1-2H3/b23-13+. The molecule has 8 nitrogen and oxygen atoms in total. The van der Waals surface area contributed by atoms with Crippen LogP contribution in [0.5, 0.6) is 5.75 Å². The molecule has 154 valence electrons. The number of aliphatic hydroxyl groups is 1. The number of hydrogen-bond donors (Lipinski definition) is 1. The molecule has 0 heterocycles. The third-order valence-electron chi connectivity index (χ3n) is 3.60. The number of carbonyl (C=O) groups is 3. The summed E-state index contributed by atoms with van der Waals surface area (Å²) >= 11 is 1.31. The summed E-state index contributed by atoms with van der Waals surface area (Å²) in [7, 11) is 0. The van der Waals surface area contributed by atoms with E-state index >= 15 is 0 Å². The van der Waals surface area contributed by atoms with Gasteiger partial charge in [0.05, 0.1) is 18.6 Å². The summed E-state index contributed by atoms with van der Waals surface area (Å²) in [6.07, 6.45) is -0.130. The molecule has 0 aliphatic carbocycles. The second kappa shape index (κ2) is 10.9. The van der Waals surface area contributed by atoms with Gasteiger partial charge in [0.1, 0.15) is 17.5 Å². The van der Waals surface area contributed by atoms with Crippen molar-refractivity contribution in [3.8, 4) is 11.8 Å². The second-order valence-electron chi connectivity index (χ2n) is 5.93. The number of nitriles is 1. The highest BCUT2D eigenvalue weighted by Gasteiger charge is 2.13. The van der Waals surface area contributed by atoms with Crippen molar-refractivity contribution in [3.63, 3.8) is 0 Å². The lowest BCUT2D eigenvalue weighted by atomic mass is 10.1. The van der Waals surface area contributed by atoms with Crippen molar-refractivity contribution in [2.45, 2.75) is 30.1 Å². The lowest BCUT2D eigenvalue weighted by Crippen LogP contribution is -2.11. The number of oxime groups is 1. The van der Waals surface area contributed by atoms with Crippen LogP contribution < -0.4 is 4.74 Å². The number of nitrogens with zero attached hydrogens (tertiary/aromatic N) is 2. The summed E-state index contributed by atoms with van der Waals surface area (Å²) in [6, 6.07) is 13.4. The Morgan fingerprint density at radius 1 is 1.13 bits per heavy atom. The Bertz CT molecular complexity index is 1020. The third-order valence-corrected chi connectivity index (χ3v) is 4.69. The zero-order valence-corrected chi connectivity index (χ0v) is 17.1. The van der Waals surface area contributed by atoms with E-state index in [1.165, 1.54) is 31.7 Å². The maximum absolute atomic E-state index is 12.3. The molecule has 0 aliphatic heterocycles. The van der Waals surface area contributed by atoms with Gasteiger partial charge in [-0.1, -0.05) is 16.9 Å². The van der Waals surface area contributed by atoms with Crippen molar-refractivity contribution < 1.29 is 29.1 Å². The summed E-state index contributed by atoms with van der Waals surface area (Å²) in [4.78, 5) is 40.4. The van der Waals surface area contributed by atoms with Crippen LogP contribution in [0.4, 0.5) is 0 Å². The topological polar surface area (TPSA) is 126 Å². The molecule has 0 unspecified atom stereocenters. The first-order valence-corrected chi connectivity index (χ1v) is 9.56. The van der Waals surface area contributed by atoms with Gasteiger partial charge in [-0.3, -0.25) is 9.59 Å². The van der Waals surface area contributed by atoms with Gasteiger partial charge in [0.25, 0.3) is 0 Å². The molecule has 9 heteroatoms. The smallest absolute Gasteiger partial charge is 0.331 e. The Hall–Kier alpha value is -3.48. The number of rotatable bonds is 8. The molecule has 30 heavy (non-hydrogen) atoms. The van der Waals surface area contributed by atoms with Gasteiger partial charge >= 0.3 is 11.9 Å². The van der Waals surface area contributed by atoms with Crippen LogP contribution in [0.2, 0.25) is 0 Å². The molecule has 0 bridgehead atoms. The van der Waals surface area contributed by atoms with Crippen molar-refractivity contribution in [1.82, 2.24) is 0 Å². The number of ketones is 1. The first kappa shape index (κ1) is 22.8. The fourth-order valence-corrected chi connectivity index (χ4v) is 3.08. The van der Waals surface area contributed by atoms with Crippen molar-refractivity contribution in [3.05, 3.63) is 53.6 Å². The Labute approximate surface area is 177 Å². The molecular weight excluding hydrogens is 408 g/mol. The van der Waals surface area contributed by atoms with Gasteiger partial charge in [-0.15, -0.1) is 0 Å². The van der Waals surface area contributed by atoms with Gasteiger partial charge in [-0.25, -0.2) is 4.79 Å². The number of benzene rings is 2. The summed E-state index contributed by atoms with van der Waals surface area (Å²) in [5.74, 6) is -1.36. The monoisotopic (exact) mass is 426 g/mol. The maximum Gasteiger partial charge on any atom is 0.331 e. The first-order chi connectivity index (χ1) is 14.3. The molecule has 0 atom stereocenters. The van der Waals surface area contributed by atoms with Crippen molar-refractivity contribution in [2.24, 2.45) is 5.16 Å². The average Bonchev–Trinajstić information content (AvgIpc) is 2.73. The number of aliphatic hydroxyl groups excluding tert-OH is 1. The van der Waals surface area contributed by atoms with Crippen LogP contribution in [0.25, 0.3) is 0 Å². The zero-order valence-electron chi connectivity index (χ0n) is 16.2. The minimum atomic E-state index is -0.614. The molecule has 0 radical (unpaired) electrons. The number of Topliss-reactive ketones (excluding diaryl/α,β-unsaturated/α-hetero) is 1. The Morgan fingerprint density at radius 2 is 1.83 bits per heavy atom. The zero-order chi connectivity index (χ0) is 22.1. The van der Waals surface area contributed by atoms with Gasteiger partial charge in [0, 0.05) is 22.3 Å². The molecule has 0 aromatic heterocycles. The normalized spacial score (nSPS) is 10.8. The molecule has 0 aliphatic rings. The summed E-state index contributed by atoms with van der Waals surface area (Å²) in [5, 5.41) is 21.6. The molecular formula is C21H18N2O6S. The molecule has 2 aromatic carbocycles. The molecule has 2 rings (SSSR count). The van der Waals surface area contributed by atoms with Crippen molar-refractivity contribution in [1.29, 1.82) is 5.26 Å². The average molecular weight is 426 g/mol. The fraction of sp³-hybridized carbons (Fsp3) is 0.190. The van der Waals surface area contributed by atoms with E-state index < -0.39 is 11.9 Å². The second-order valence-corrected chi connectivity index (χ2v) is 7.05. The maximum atomic E-state index is 12.3. The van der Waals surface area contributed by atoms with Crippen molar-refractivity contribution in [2.75, 3.05) is 6.61 Å². The van der Waals surface area contributed by atoms with Crippen LogP contribution in [0.1, 0.15) is 36.2 Å². The minimum Gasteiger partial charge on any atom is -0.426 e. The van der Waals surface area contributed by atoms with Crippen LogP contribution in [-0.2, 0) is 14.4 Å². The minimum absolute atomic E-state index is 0.0451. The molecule has 0 amide bonds. The summed E-state index contributed by atoms with van der Waals surface area (Å²) in [6.45, 7) is 2.32. The van der Waals surface area contributed by atoms with E-state index in [4.69, 9.17) is 9.84 Å². The molecule has 0 saturated carbocycles. The number of hydrogen-bond acceptors (Lipinski definition) is 9. The lowest BCUT2D eigenvalue weighted by molar-refractivity contribution is -0.141. The van der Waals surface area contributed by atoms with E-state index in [9.17, 15) is 19.6 Å². The third kappa shape index (κ3) is 6.55. The lowest BCUT2D eigenvalue weighted by Gasteiger charge is -2.08. The number of ether oxygens (including phenoxy) is 1. The molecule has 0 fully saturated rings. The number of esters is 1. The fourth-order valence-electron chi connectivity index (χ4n) is 2.21. The quantitative estimate of drug-likeness (QED) is 0.170. The largest absolute Gasteiger partial charge is 0.426 e. The van der Waals surface area contributed by atoms with E-state index in [2.05, 4.69) is 16.1 Å². The molecule has 1 N–H and O–H groups in total. The Kier molecular flexibility index (Phi) is 8.29. The molecule has 2 aromatic rings. The molecule has 0 spiro atoms. The SMILES string of the molecule is CC(=O)O/N=C(\C)C(=O)c1ccc(Sc2ccc(OC(=O)CCO)cc2C#N)cc1. The van der Waals surface area contributed by atoms with E-state index in [0.29, 0.717) is 16.0 Å².